The summed E-state index contributed by atoms with van der Waals surface area (Å²) in [5.74, 6) is 0. The van der Waals surface area contributed by atoms with Gasteiger partial charge in [-0.05, 0) is 31.1 Å². The summed E-state index contributed by atoms with van der Waals surface area (Å²) < 4.78 is 5.38. The fourth-order valence-electron chi connectivity index (χ4n) is 2.14. The molecule has 1 aliphatic heterocycles. The third-order valence-corrected chi connectivity index (χ3v) is 4.02. The first-order valence-corrected chi connectivity index (χ1v) is 6.54. The van der Waals surface area contributed by atoms with Crippen molar-refractivity contribution in [2.24, 2.45) is 5.41 Å². The van der Waals surface area contributed by atoms with Crippen LogP contribution in [0.1, 0.15) is 46.5 Å². The van der Waals surface area contributed by atoms with Crippen LogP contribution in [0.5, 0.6) is 0 Å². The van der Waals surface area contributed by atoms with E-state index in [1.165, 1.54) is 0 Å². The van der Waals surface area contributed by atoms with Gasteiger partial charge in [-0.1, -0.05) is 20.8 Å². The SMILES string of the molecule is CCC(O)(CC)CNCC1(C)CCOCC1. The predicted octanol–water partition coefficient (Wildman–Crippen LogP) is 1.94. The molecule has 0 aromatic rings. The van der Waals surface area contributed by atoms with Crippen molar-refractivity contribution in [3.8, 4) is 0 Å². The molecule has 0 aliphatic carbocycles. The van der Waals surface area contributed by atoms with Crippen LogP contribution in [0.2, 0.25) is 0 Å². The van der Waals surface area contributed by atoms with Crippen molar-refractivity contribution in [3.05, 3.63) is 0 Å². The third-order valence-electron chi connectivity index (χ3n) is 4.02. The molecule has 0 aromatic carbocycles. The summed E-state index contributed by atoms with van der Waals surface area (Å²) in [4.78, 5) is 0. The van der Waals surface area contributed by atoms with E-state index in [0.717, 1.165) is 45.4 Å². The number of ether oxygens (including phenoxy) is 1. The molecule has 16 heavy (non-hydrogen) atoms. The van der Waals surface area contributed by atoms with Crippen LogP contribution in [0.3, 0.4) is 0 Å². The van der Waals surface area contributed by atoms with E-state index in [1.807, 2.05) is 13.8 Å². The summed E-state index contributed by atoms with van der Waals surface area (Å²) in [6, 6.07) is 0. The molecule has 1 rings (SSSR count). The Hall–Kier alpha value is -0.120. The van der Waals surface area contributed by atoms with E-state index in [-0.39, 0.29) is 0 Å². The molecular weight excluding hydrogens is 202 g/mol. The lowest BCUT2D eigenvalue weighted by atomic mass is 9.82. The van der Waals surface area contributed by atoms with Crippen LogP contribution in [0.15, 0.2) is 0 Å². The van der Waals surface area contributed by atoms with E-state index in [9.17, 15) is 5.11 Å². The number of nitrogens with one attached hydrogen (secondary N) is 1. The highest BCUT2D eigenvalue weighted by Crippen LogP contribution is 2.28. The Morgan fingerprint density at radius 2 is 1.81 bits per heavy atom. The Morgan fingerprint density at radius 1 is 1.25 bits per heavy atom. The van der Waals surface area contributed by atoms with Gasteiger partial charge in [0.1, 0.15) is 0 Å². The highest BCUT2D eigenvalue weighted by Gasteiger charge is 2.28. The summed E-state index contributed by atoms with van der Waals surface area (Å²) in [6.45, 7) is 9.84. The van der Waals surface area contributed by atoms with E-state index in [4.69, 9.17) is 4.74 Å². The standard InChI is InChI=1S/C13H27NO2/c1-4-13(15,5-2)11-14-10-12(3)6-8-16-9-7-12/h14-15H,4-11H2,1-3H3. The van der Waals surface area contributed by atoms with Gasteiger partial charge in [0.05, 0.1) is 5.60 Å². The van der Waals surface area contributed by atoms with Crippen LogP contribution in [0.4, 0.5) is 0 Å². The lowest BCUT2D eigenvalue weighted by Gasteiger charge is -2.35. The van der Waals surface area contributed by atoms with Crippen LogP contribution in [0.25, 0.3) is 0 Å². The maximum atomic E-state index is 10.2. The van der Waals surface area contributed by atoms with Gasteiger partial charge >= 0.3 is 0 Å². The van der Waals surface area contributed by atoms with Crippen LogP contribution < -0.4 is 5.32 Å². The summed E-state index contributed by atoms with van der Waals surface area (Å²) in [6.07, 6.45) is 3.88. The average Bonchev–Trinajstić information content (AvgIpc) is 2.29. The molecule has 96 valence electrons. The fraction of sp³-hybridized carbons (Fsp3) is 1.00. The molecule has 1 heterocycles. The maximum Gasteiger partial charge on any atom is 0.0766 e. The first kappa shape index (κ1) is 13.9. The third kappa shape index (κ3) is 4.04. The minimum atomic E-state index is -0.526. The van der Waals surface area contributed by atoms with Crippen LogP contribution >= 0.6 is 0 Å². The van der Waals surface area contributed by atoms with Gasteiger partial charge in [0.15, 0.2) is 0 Å². The Bertz CT molecular complexity index is 196. The molecule has 2 N–H and O–H groups in total. The van der Waals surface area contributed by atoms with Crippen molar-refractivity contribution < 1.29 is 9.84 Å². The van der Waals surface area contributed by atoms with Crippen molar-refractivity contribution >= 4 is 0 Å². The zero-order valence-corrected chi connectivity index (χ0v) is 11.0. The van der Waals surface area contributed by atoms with Gasteiger partial charge in [0.25, 0.3) is 0 Å². The topological polar surface area (TPSA) is 41.5 Å². The molecule has 3 heteroatoms. The molecule has 0 saturated carbocycles. The smallest absolute Gasteiger partial charge is 0.0766 e. The van der Waals surface area contributed by atoms with Gasteiger partial charge in [0.2, 0.25) is 0 Å². The highest BCUT2D eigenvalue weighted by atomic mass is 16.5. The molecule has 0 radical (unpaired) electrons. The number of hydrogen-bond donors (Lipinski definition) is 2. The van der Waals surface area contributed by atoms with E-state index in [2.05, 4.69) is 12.2 Å². The van der Waals surface area contributed by atoms with Gasteiger partial charge in [-0.2, -0.15) is 0 Å². The van der Waals surface area contributed by atoms with E-state index in [0.29, 0.717) is 12.0 Å². The Morgan fingerprint density at radius 3 is 2.31 bits per heavy atom. The van der Waals surface area contributed by atoms with E-state index in [1.54, 1.807) is 0 Å². The summed E-state index contributed by atoms with van der Waals surface area (Å²) in [5, 5.41) is 13.6. The zero-order valence-electron chi connectivity index (χ0n) is 11.0. The van der Waals surface area contributed by atoms with Crippen LogP contribution in [-0.4, -0.2) is 37.0 Å². The van der Waals surface area contributed by atoms with Crippen molar-refractivity contribution in [2.45, 2.75) is 52.1 Å². The Labute approximate surface area is 99.6 Å². The summed E-state index contributed by atoms with van der Waals surface area (Å²) in [5.41, 5.74) is -0.178. The van der Waals surface area contributed by atoms with Gasteiger partial charge in [0, 0.05) is 26.3 Å². The van der Waals surface area contributed by atoms with E-state index < -0.39 is 5.60 Å². The normalized spacial score (nSPS) is 21.0. The maximum absolute atomic E-state index is 10.2. The molecular formula is C13H27NO2. The van der Waals surface area contributed by atoms with Gasteiger partial charge < -0.3 is 15.2 Å². The van der Waals surface area contributed by atoms with Gasteiger partial charge in [-0.3, -0.25) is 0 Å². The van der Waals surface area contributed by atoms with Crippen molar-refractivity contribution in [2.75, 3.05) is 26.3 Å². The largest absolute Gasteiger partial charge is 0.389 e. The molecule has 1 aliphatic rings. The molecule has 3 nitrogen and oxygen atoms in total. The predicted molar refractivity (Wildman–Crippen MR) is 66.6 cm³/mol. The molecule has 1 saturated heterocycles. The summed E-state index contributed by atoms with van der Waals surface area (Å²) >= 11 is 0. The number of aliphatic hydroxyl groups is 1. The van der Waals surface area contributed by atoms with Crippen LogP contribution in [-0.2, 0) is 4.74 Å². The second-order valence-corrected chi connectivity index (χ2v) is 5.46. The van der Waals surface area contributed by atoms with Gasteiger partial charge in [-0.15, -0.1) is 0 Å². The molecule has 0 bridgehead atoms. The zero-order chi connectivity index (χ0) is 12.1. The Balaban J connectivity index is 2.28. The second kappa shape index (κ2) is 5.99. The molecule has 0 spiro atoms. The first-order valence-electron chi connectivity index (χ1n) is 6.54. The lowest BCUT2D eigenvalue weighted by molar-refractivity contribution is 0.0101. The van der Waals surface area contributed by atoms with E-state index >= 15 is 0 Å². The average molecular weight is 229 g/mol. The Kier molecular flexibility index (Phi) is 5.22. The molecule has 0 atom stereocenters. The summed E-state index contributed by atoms with van der Waals surface area (Å²) in [7, 11) is 0. The number of rotatable bonds is 6. The lowest BCUT2D eigenvalue weighted by Crippen LogP contribution is -2.44. The van der Waals surface area contributed by atoms with Crippen molar-refractivity contribution in [1.29, 1.82) is 0 Å². The highest BCUT2D eigenvalue weighted by molar-refractivity contribution is 4.83. The van der Waals surface area contributed by atoms with Gasteiger partial charge in [-0.25, -0.2) is 0 Å². The fourth-order valence-corrected chi connectivity index (χ4v) is 2.14. The minimum absolute atomic E-state index is 0.348. The quantitative estimate of drug-likeness (QED) is 0.731. The van der Waals surface area contributed by atoms with Crippen LogP contribution in [0, 0.1) is 5.41 Å². The monoisotopic (exact) mass is 229 g/mol. The second-order valence-electron chi connectivity index (χ2n) is 5.46. The molecule has 0 amide bonds. The molecule has 0 aromatic heterocycles. The first-order chi connectivity index (χ1) is 7.54. The molecule has 0 unspecified atom stereocenters. The van der Waals surface area contributed by atoms with Crippen molar-refractivity contribution in [1.82, 2.24) is 5.32 Å². The molecule has 1 fully saturated rings. The number of hydrogen-bond acceptors (Lipinski definition) is 3. The minimum Gasteiger partial charge on any atom is -0.389 e. The van der Waals surface area contributed by atoms with Crippen molar-refractivity contribution in [3.63, 3.8) is 0 Å².